The van der Waals surface area contributed by atoms with Gasteiger partial charge in [0.2, 0.25) is 5.91 Å². The minimum Gasteiger partial charge on any atom is -0.342 e. The molecule has 1 unspecified atom stereocenters. The van der Waals surface area contributed by atoms with Crippen LogP contribution in [0.5, 0.6) is 0 Å². The largest absolute Gasteiger partial charge is 0.342 e. The van der Waals surface area contributed by atoms with Crippen LogP contribution in [-0.4, -0.2) is 44.3 Å². The molecule has 0 spiro atoms. The van der Waals surface area contributed by atoms with Crippen LogP contribution in [0.15, 0.2) is 0 Å². The summed E-state index contributed by atoms with van der Waals surface area (Å²) < 4.78 is 21.8. The fraction of sp³-hybridized carbons (Fsp3) is 0.909. The number of sulfone groups is 1. The molecule has 1 fully saturated rings. The third-order valence-corrected chi connectivity index (χ3v) is 3.95. The molecule has 94 valence electrons. The molecular weight excluding hydrogens is 226 g/mol. The molecule has 1 rings (SSSR count). The first kappa shape index (κ1) is 13.5. The molecule has 0 aliphatic carbocycles. The van der Waals surface area contributed by atoms with Crippen molar-refractivity contribution in [3.05, 3.63) is 0 Å². The third-order valence-electron chi connectivity index (χ3n) is 2.92. The summed E-state index contributed by atoms with van der Waals surface area (Å²) >= 11 is 0. The highest BCUT2D eigenvalue weighted by Gasteiger charge is 2.20. The number of carbonyl (C=O) groups is 1. The molecule has 1 saturated heterocycles. The first-order valence-corrected chi connectivity index (χ1v) is 7.90. The first-order chi connectivity index (χ1) is 7.38. The number of likely N-dealkylation sites (tertiary alicyclic amines) is 1. The summed E-state index contributed by atoms with van der Waals surface area (Å²) in [5, 5.41) is 0. The SMILES string of the molecule is CC1CCCN(C(=O)CCCS(C)(=O)=O)C1. The molecule has 0 aromatic rings. The molecular formula is C11H21NO3S. The van der Waals surface area contributed by atoms with Gasteiger partial charge in [-0.1, -0.05) is 6.92 Å². The van der Waals surface area contributed by atoms with Gasteiger partial charge >= 0.3 is 0 Å². The van der Waals surface area contributed by atoms with Crippen LogP contribution >= 0.6 is 0 Å². The Kier molecular flexibility index (Phi) is 4.77. The van der Waals surface area contributed by atoms with Gasteiger partial charge in [0.25, 0.3) is 0 Å². The predicted octanol–water partition coefficient (Wildman–Crippen LogP) is 1.07. The Morgan fingerprint density at radius 1 is 1.44 bits per heavy atom. The first-order valence-electron chi connectivity index (χ1n) is 5.84. The lowest BCUT2D eigenvalue weighted by atomic mass is 10.00. The van der Waals surface area contributed by atoms with Crippen LogP contribution in [0.2, 0.25) is 0 Å². The van der Waals surface area contributed by atoms with Crippen molar-refractivity contribution in [2.24, 2.45) is 5.92 Å². The summed E-state index contributed by atoms with van der Waals surface area (Å²) in [6.45, 7) is 3.82. The van der Waals surface area contributed by atoms with Crippen LogP contribution in [-0.2, 0) is 14.6 Å². The molecule has 16 heavy (non-hydrogen) atoms. The summed E-state index contributed by atoms with van der Waals surface area (Å²) in [7, 11) is -2.93. The van der Waals surface area contributed by atoms with Gasteiger partial charge in [0.05, 0.1) is 5.75 Å². The van der Waals surface area contributed by atoms with Gasteiger partial charge in [-0.05, 0) is 25.2 Å². The molecule has 0 bridgehead atoms. The van der Waals surface area contributed by atoms with Crippen molar-refractivity contribution in [3.8, 4) is 0 Å². The molecule has 0 aromatic carbocycles. The van der Waals surface area contributed by atoms with Crippen molar-refractivity contribution in [1.29, 1.82) is 0 Å². The summed E-state index contributed by atoms with van der Waals surface area (Å²) in [6, 6.07) is 0. The average Bonchev–Trinajstić information content (AvgIpc) is 2.15. The van der Waals surface area contributed by atoms with Crippen LogP contribution < -0.4 is 0 Å². The Morgan fingerprint density at radius 2 is 2.12 bits per heavy atom. The second kappa shape index (κ2) is 5.66. The van der Waals surface area contributed by atoms with Crippen LogP contribution in [0.3, 0.4) is 0 Å². The van der Waals surface area contributed by atoms with Gasteiger partial charge in [0.1, 0.15) is 9.84 Å². The van der Waals surface area contributed by atoms with E-state index in [0.717, 1.165) is 19.5 Å². The lowest BCUT2D eigenvalue weighted by Gasteiger charge is -2.31. The van der Waals surface area contributed by atoms with Gasteiger partial charge < -0.3 is 4.90 Å². The van der Waals surface area contributed by atoms with E-state index in [2.05, 4.69) is 6.92 Å². The molecule has 1 atom stereocenters. The third kappa shape index (κ3) is 4.96. The van der Waals surface area contributed by atoms with E-state index >= 15 is 0 Å². The van der Waals surface area contributed by atoms with Gasteiger partial charge in [0.15, 0.2) is 0 Å². The van der Waals surface area contributed by atoms with Gasteiger partial charge in [-0.3, -0.25) is 4.79 Å². The summed E-state index contributed by atoms with van der Waals surface area (Å²) in [5.41, 5.74) is 0. The van der Waals surface area contributed by atoms with E-state index in [1.54, 1.807) is 0 Å². The number of hydrogen-bond donors (Lipinski definition) is 0. The highest BCUT2D eigenvalue weighted by atomic mass is 32.2. The van der Waals surface area contributed by atoms with Crippen molar-refractivity contribution >= 4 is 15.7 Å². The molecule has 0 aromatic heterocycles. The highest BCUT2D eigenvalue weighted by molar-refractivity contribution is 7.90. The number of amides is 1. The number of carbonyl (C=O) groups excluding carboxylic acids is 1. The molecule has 0 saturated carbocycles. The van der Waals surface area contributed by atoms with E-state index < -0.39 is 9.84 Å². The minimum absolute atomic E-state index is 0.107. The maximum absolute atomic E-state index is 11.8. The number of hydrogen-bond acceptors (Lipinski definition) is 3. The van der Waals surface area contributed by atoms with Crippen molar-refractivity contribution < 1.29 is 13.2 Å². The van der Waals surface area contributed by atoms with Crippen LogP contribution in [0.25, 0.3) is 0 Å². The summed E-state index contributed by atoms with van der Waals surface area (Å²) in [4.78, 5) is 13.6. The molecule has 4 nitrogen and oxygen atoms in total. The van der Waals surface area contributed by atoms with E-state index in [9.17, 15) is 13.2 Å². The van der Waals surface area contributed by atoms with Crippen molar-refractivity contribution in [1.82, 2.24) is 4.90 Å². The van der Waals surface area contributed by atoms with E-state index in [1.807, 2.05) is 4.90 Å². The van der Waals surface area contributed by atoms with Gasteiger partial charge in [-0.25, -0.2) is 8.42 Å². The Morgan fingerprint density at radius 3 is 2.69 bits per heavy atom. The molecule has 0 N–H and O–H groups in total. The van der Waals surface area contributed by atoms with Crippen molar-refractivity contribution in [2.75, 3.05) is 25.1 Å². The fourth-order valence-corrected chi connectivity index (χ4v) is 2.73. The maximum Gasteiger partial charge on any atom is 0.222 e. The van der Waals surface area contributed by atoms with E-state index in [0.29, 0.717) is 18.8 Å². The molecule has 1 amide bonds. The number of rotatable bonds is 4. The lowest BCUT2D eigenvalue weighted by Crippen LogP contribution is -2.39. The Hall–Kier alpha value is -0.580. The fourth-order valence-electron chi connectivity index (χ4n) is 2.06. The zero-order valence-corrected chi connectivity index (χ0v) is 10.9. The Bertz CT molecular complexity index is 337. The number of nitrogens with zero attached hydrogens (tertiary/aromatic N) is 1. The summed E-state index contributed by atoms with van der Waals surface area (Å²) in [5.74, 6) is 0.796. The maximum atomic E-state index is 11.8. The Labute approximate surface area is 97.9 Å². The van der Waals surface area contributed by atoms with E-state index in [-0.39, 0.29) is 11.7 Å². The molecule has 5 heteroatoms. The highest BCUT2D eigenvalue weighted by Crippen LogP contribution is 2.16. The van der Waals surface area contributed by atoms with E-state index in [4.69, 9.17) is 0 Å². The molecule has 1 aliphatic heterocycles. The standard InChI is InChI=1S/C11H21NO3S/c1-10-5-3-7-12(9-10)11(13)6-4-8-16(2,14)15/h10H,3-9H2,1-2H3. The average molecular weight is 247 g/mol. The monoisotopic (exact) mass is 247 g/mol. The van der Waals surface area contributed by atoms with Crippen LogP contribution in [0.4, 0.5) is 0 Å². The van der Waals surface area contributed by atoms with Gasteiger partial charge in [-0.2, -0.15) is 0 Å². The van der Waals surface area contributed by atoms with Gasteiger partial charge in [-0.15, -0.1) is 0 Å². The van der Waals surface area contributed by atoms with E-state index in [1.165, 1.54) is 12.7 Å². The second-order valence-electron chi connectivity index (χ2n) is 4.82. The zero-order chi connectivity index (χ0) is 12.2. The minimum atomic E-state index is -2.93. The Balaban J connectivity index is 2.29. The summed E-state index contributed by atoms with van der Waals surface area (Å²) in [6.07, 6.45) is 4.27. The predicted molar refractivity (Wildman–Crippen MR) is 63.9 cm³/mol. The smallest absolute Gasteiger partial charge is 0.222 e. The quantitative estimate of drug-likeness (QED) is 0.746. The second-order valence-corrected chi connectivity index (χ2v) is 7.08. The van der Waals surface area contributed by atoms with Crippen molar-refractivity contribution in [2.45, 2.75) is 32.6 Å². The van der Waals surface area contributed by atoms with Gasteiger partial charge in [0, 0.05) is 25.8 Å². The zero-order valence-electron chi connectivity index (χ0n) is 10.1. The topological polar surface area (TPSA) is 54.5 Å². The van der Waals surface area contributed by atoms with Crippen LogP contribution in [0, 0.1) is 5.92 Å². The molecule has 1 heterocycles. The number of piperidine rings is 1. The van der Waals surface area contributed by atoms with Crippen molar-refractivity contribution in [3.63, 3.8) is 0 Å². The molecule has 0 radical (unpaired) electrons. The van der Waals surface area contributed by atoms with Crippen LogP contribution in [0.1, 0.15) is 32.6 Å². The molecule has 1 aliphatic rings. The normalized spacial score (nSPS) is 22.1. The lowest BCUT2D eigenvalue weighted by molar-refractivity contribution is -0.132.